The van der Waals surface area contributed by atoms with Crippen molar-refractivity contribution >= 4 is 11.5 Å². The summed E-state index contributed by atoms with van der Waals surface area (Å²) in [7, 11) is 2.01. The fraction of sp³-hybridized carbons (Fsp3) is 0.500. The van der Waals surface area contributed by atoms with Crippen molar-refractivity contribution in [2.45, 2.75) is 6.92 Å². The monoisotopic (exact) mass is 220 g/mol. The summed E-state index contributed by atoms with van der Waals surface area (Å²) in [4.78, 5) is 6.41. The molecular formula is C10H16N6. The molecule has 0 fully saturated rings. The van der Waals surface area contributed by atoms with Crippen LogP contribution in [0, 0.1) is 0 Å². The molecule has 0 aliphatic heterocycles. The van der Waals surface area contributed by atoms with Crippen molar-refractivity contribution in [2.75, 3.05) is 31.6 Å². The van der Waals surface area contributed by atoms with Crippen molar-refractivity contribution in [1.82, 2.24) is 24.9 Å². The van der Waals surface area contributed by atoms with E-state index in [2.05, 4.69) is 32.3 Å². The van der Waals surface area contributed by atoms with Gasteiger partial charge in [0.25, 0.3) is 0 Å². The summed E-state index contributed by atoms with van der Waals surface area (Å²) in [6, 6.07) is 0. The highest BCUT2D eigenvalue weighted by atomic mass is 15.3. The van der Waals surface area contributed by atoms with Crippen LogP contribution < -0.4 is 10.2 Å². The van der Waals surface area contributed by atoms with E-state index in [9.17, 15) is 0 Å². The Morgan fingerprint density at radius 1 is 1.50 bits per heavy atom. The number of nitrogens with zero attached hydrogens (tertiary/aromatic N) is 5. The van der Waals surface area contributed by atoms with Gasteiger partial charge in [0.05, 0.1) is 0 Å². The predicted octanol–water partition coefficient (Wildman–Crippen LogP) is 0.170. The summed E-state index contributed by atoms with van der Waals surface area (Å²) >= 11 is 0. The van der Waals surface area contributed by atoms with E-state index in [4.69, 9.17) is 0 Å². The molecule has 0 unspecified atom stereocenters. The molecule has 0 aliphatic carbocycles. The summed E-state index contributed by atoms with van der Waals surface area (Å²) in [5, 5.41) is 11.2. The average Bonchev–Trinajstić information content (AvgIpc) is 2.76. The first-order valence-corrected chi connectivity index (χ1v) is 5.39. The van der Waals surface area contributed by atoms with Gasteiger partial charge in [-0.2, -0.15) is 0 Å². The Morgan fingerprint density at radius 2 is 2.38 bits per heavy atom. The van der Waals surface area contributed by atoms with Gasteiger partial charge in [-0.3, -0.25) is 4.40 Å². The van der Waals surface area contributed by atoms with Gasteiger partial charge in [0.1, 0.15) is 6.33 Å². The number of nitrogens with one attached hydrogen (secondary N) is 1. The molecule has 0 aromatic carbocycles. The smallest absolute Gasteiger partial charge is 0.203 e. The molecule has 0 atom stereocenters. The Morgan fingerprint density at radius 3 is 3.19 bits per heavy atom. The summed E-state index contributed by atoms with van der Waals surface area (Å²) in [5.74, 6) is 0.859. The van der Waals surface area contributed by atoms with Crippen LogP contribution in [0.1, 0.15) is 6.92 Å². The number of hydrogen-bond acceptors (Lipinski definition) is 5. The molecule has 6 heteroatoms. The fourth-order valence-corrected chi connectivity index (χ4v) is 1.54. The lowest BCUT2D eigenvalue weighted by molar-refractivity contribution is 0.702. The van der Waals surface area contributed by atoms with Gasteiger partial charge in [-0.05, 0) is 6.54 Å². The van der Waals surface area contributed by atoms with Gasteiger partial charge < -0.3 is 10.2 Å². The van der Waals surface area contributed by atoms with Crippen LogP contribution in [-0.2, 0) is 0 Å². The molecule has 2 aromatic heterocycles. The second kappa shape index (κ2) is 4.89. The summed E-state index contributed by atoms with van der Waals surface area (Å²) < 4.78 is 1.87. The molecule has 86 valence electrons. The van der Waals surface area contributed by atoms with Crippen molar-refractivity contribution in [1.29, 1.82) is 0 Å². The average molecular weight is 220 g/mol. The van der Waals surface area contributed by atoms with Gasteiger partial charge in [0.15, 0.2) is 5.82 Å². The molecule has 0 radical (unpaired) electrons. The maximum atomic E-state index is 4.33. The van der Waals surface area contributed by atoms with Crippen LogP contribution >= 0.6 is 0 Å². The van der Waals surface area contributed by atoms with Gasteiger partial charge in [-0.15, -0.1) is 10.2 Å². The molecule has 2 aromatic rings. The van der Waals surface area contributed by atoms with E-state index in [-0.39, 0.29) is 0 Å². The standard InChI is InChI=1S/C10H16N6/c1-3-11-4-6-15(2)9-10-14-13-8-16(10)7-5-12-9/h5,7-8,11H,3-4,6H2,1-2H3. The molecule has 2 rings (SSSR count). The number of likely N-dealkylation sites (N-methyl/N-ethyl adjacent to an activating group) is 2. The molecule has 1 N–H and O–H groups in total. The Kier molecular flexibility index (Phi) is 3.31. The van der Waals surface area contributed by atoms with E-state index < -0.39 is 0 Å². The van der Waals surface area contributed by atoms with Crippen LogP contribution in [0.2, 0.25) is 0 Å². The summed E-state index contributed by atoms with van der Waals surface area (Å²) in [6.07, 6.45) is 5.28. The molecule has 16 heavy (non-hydrogen) atoms. The number of hydrogen-bond donors (Lipinski definition) is 1. The van der Waals surface area contributed by atoms with Gasteiger partial charge in [-0.25, -0.2) is 4.98 Å². The molecule has 0 spiro atoms. The van der Waals surface area contributed by atoms with Crippen LogP contribution in [0.3, 0.4) is 0 Å². The number of rotatable bonds is 5. The molecular weight excluding hydrogens is 204 g/mol. The molecule has 2 heterocycles. The number of aromatic nitrogens is 4. The Hall–Kier alpha value is -1.69. The van der Waals surface area contributed by atoms with E-state index in [0.29, 0.717) is 0 Å². The molecule has 6 nitrogen and oxygen atoms in total. The van der Waals surface area contributed by atoms with Crippen LogP contribution in [0.5, 0.6) is 0 Å². The normalized spacial score (nSPS) is 10.9. The van der Waals surface area contributed by atoms with Crippen molar-refractivity contribution in [3.8, 4) is 0 Å². The number of fused-ring (bicyclic) bond motifs is 1. The second-order valence-electron chi connectivity index (χ2n) is 3.59. The van der Waals surface area contributed by atoms with E-state index in [1.54, 1.807) is 12.5 Å². The van der Waals surface area contributed by atoms with Crippen LogP contribution in [0.25, 0.3) is 5.65 Å². The third-order valence-corrected chi connectivity index (χ3v) is 2.43. The highest BCUT2D eigenvalue weighted by Gasteiger charge is 2.08. The Bertz CT molecular complexity index is 451. The summed E-state index contributed by atoms with van der Waals surface area (Å²) in [5.41, 5.74) is 0.793. The number of anilines is 1. The minimum Gasteiger partial charge on any atom is -0.355 e. The quantitative estimate of drug-likeness (QED) is 0.728. The zero-order chi connectivity index (χ0) is 11.4. The van der Waals surface area contributed by atoms with Crippen LogP contribution in [-0.4, -0.2) is 46.3 Å². The second-order valence-corrected chi connectivity index (χ2v) is 3.59. The molecule has 0 amide bonds. The van der Waals surface area contributed by atoms with E-state index in [1.807, 2.05) is 17.6 Å². The highest BCUT2D eigenvalue weighted by molar-refractivity contribution is 5.62. The molecule has 0 aliphatic rings. The third-order valence-electron chi connectivity index (χ3n) is 2.43. The molecule has 0 saturated carbocycles. The van der Waals surface area contributed by atoms with Crippen molar-refractivity contribution in [3.05, 3.63) is 18.7 Å². The third kappa shape index (κ3) is 2.11. The van der Waals surface area contributed by atoms with Gasteiger partial charge in [0, 0.05) is 32.5 Å². The highest BCUT2D eigenvalue weighted by Crippen LogP contribution is 2.13. The van der Waals surface area contributed by atoms with E-state index in [1.165, 1.54) is 0 Å². The lowest BCUT2D eigenvalue weighted by Crippen LogP contribution is -2.29. The van der Waals surface area contributed by atoms with Crippen molar-refractivity contribution < 1.29 is 0 Å². The minimum absolute atomic E-state index is 0.793. The topological polar surface area (TPSA) is 58.4 Å². The Balaban J connectivity index is 2.15. The van der Waals surface area contributed by atoms with Crippen LogP contribution in [0.15, 0.2) is 18.7 Å². The van der Waals surface area contributed by atoms with Crippen LogP contribution in [0.4, 0.5) is 5.82 Å². The lowest BCUT2D eigenvalue weighted by atomic mass is 10.5. The van der Waals surface area contributed by atoms with Crippen molar-refractivity contribution in [3.63, 3.8) is 0 Å². The summed E-state index contributed by atoms with van der Waals surface area (Å²) in [6.45, 7) is 4.91. The SMILES string of the molecule is CCNCCN(C)c1nccn2cnnc12. The van der Waals surface area contributed by atoms with Gasteiger partial charge >= 0.3 is 0 Å². The zero-order valence-corrected chi connectivity index (χ0v) is 9.59. The first-order chi connectivity index (χ1) is 7.83. The fourth-order valence-electron chi connectivity index (χ4n) is 1.54. The molecule has 0 saturated heterocycles. The Labute approximate surface area is 94.3 Å². The maximum Gasteiger partial charge on any atom is 0.203 e. The van der Waals surface area contributed by atoms with E-state index >= 15 is 0 Å². The first kappa shape index (κ1) is 10.8. The van der Waals surface area contributed by atoms with E-state index in [0.717, 1.165) is 31.1 Å². The largest absolute Gasteiger partial charge is 0.355 e. The maximum absolute atomic E-state index is 4.33. The predicted molar refractivity (Wildman–Crippen MR) is 62.6 cm³/mol. The van der Waals surface area contributed by atoms with Gasteiger partial charge in [-0.1, -0.05) is 6.92 Å². The van der Waals surface area contributed by atoms with Gasteiger partial charge in [0.2, 0.25) is 5.65 Å². The first-order valence-electron chi connectivity index (χ1n) is 5.39. The lowest BCUT2D eigenvalue weighted by Gasteiger charge is -2.18. The molecule has 0 bridgehead atoms. The minimum atomic E-state index is 0.793. The zero-order valence-electron chi connectivity index (χ0n) is 9.59. The van der Waals surface area contributed by atoms with Crippen molar-refractivity contribution in [2.24, 2.45) is 0 Å².